The number of aromatic nitrogens is 1. The van der Waals surface area contributed by atoms with Gasteiger partial charge in [0.25, 0.3) is 0 Å². The number of hydrogen-bond acceptors (Lipinski definition) is 4. The van der Waals surface area contributed by atoms with Crippen molar-refractivity contribution in [3.05, 3.63) is 48.3 Å². The SMILES string of the molecule is CC(C)(CO)Sc1ccncc1-c1ccc(CC(N)=O)cc1. The van der Waals surface area contributed by atoms with Gasteiger partial charge in [0.2, 0.25) is 5.91 Å². The molecule has 0 unspecified atom stereocenters. The zero-order valence-corrected chi connectivity index (χ0v) is 13.6. The number of aliphatic hydroxyl groups excluding tert-OH is 1. The minimum absolute atomic E-state index is 0.0942. The van der Waals surface area contributed by atoms with Crippen LogP contribution in [0.2, 0.25) is 0 Å². The van der Waals surface area contributed by atoms with E-state index in [2.05, 4.69) is 4.98 Å². The monoisotopic (exact) mass is 316 g/mol. The van der Waals surface area contributed by atoms with Crippen molar-refractivity contribution in [1.82, 2.24) is 4.98 Å². The van der Waals surface area contributed by atoms with Crippen molar-refractivity contribution < 1.29 is 9.90 Å². The summed E-state index contributed by atoms with van der Waals surface area (Å²) in [6.07, 6.45) is 3.81. The average Bonchev–Trinajstić information content (AvgIpc) is 2.48. The molecule has 0 spiro atoms. The Bertz CT molecular complexity index is 654. The van der Waals surface area contributed by atoms with Crippen molar-refractivity contribution in [2.75, 3.05) is 6.61 Å². The number of nitrogens with two attached hydrogens (primary N) is 1. The smallest absolute Gasteiger partial charge is 0.221 e. The highest BCUT2D eigenvalue weighted by Crippen LogP contribution is 2.38. The van der Waals surface area contributed by atoms with Gasteiger partial charge in [0.05, 0.1) is 13.0 Å². The first-order valence-corrected chi connectivity index (χ1v) is 7.84. The van der Waals surface area contributed by atoms with Crippen molar-refractivity contribution in [3.8, 4) is 11.1 Å². The Morgan fingerprint density at radius 2 is 1.95 bits per heavy atom. The molecule has 22 heavy (non-hydrogen) atoms. The van der Waals surface area contributed by atoms with E-state index in [1.807, 2.05) is 50.4 Å². The van der Waals surface area contributed by atoms with Gasteiger partial charge in [-0.1, -0.05) is 24.3 Å². The molecule has 0 saturated heterocycles. The van der Waals surface area contributed by atoms with Crippen LogP contribution in [0.5, 0.6) is 0 Å². The third-order valence-corrected chi connectivity index (χ3v) is 4.45. The maximum Gasteiger partial charge on any atom is 0.221 e. The lowest BCUT2D eigenvalue weighted by atomic mass is 10.0. The number of rotatable bonds is 6. The maximum absolute atomic E-state index is 11.0. The number of thioether (sulfide) groups is 1. The summed E-state index contributed by atoms with van der Waals surface area (Å²) >= 11 is 1.62. The van der Waals surface area contributed by atoms with Crippen LogP contribution in [0.25, 0.3) is 11.1 Å². The van der Waals surface area contributed by atoms with E-state index in [-0.39, 0.29) is 23.7 Å². The predicted molar refractivity (Wildman–Crippen MR) is 89.6 cm³/mol. The number of carbonyl (C=O) groups is 1. The van der Waals surface area contributed by atoms with Gasteiger partial charge < -0.3 is 10.8 Å². The van der Waals surface area contributed by atoms with Crippen molar-refractivity contribution in [2.45, 2.75) is 29.9 Å². The Hall–Kier alpha value is -1.85. The van der Waals surface area contributed by atoms with E-state index in [4.69, 9.17) is 5.73 Å². The summed E-state index contributed by atoms with van der Waals surface area (Å²) in [6, 6.07) is 9.68. The van der Waals surface area contributed by atoms with Gasteiger partial charge in [0.1, 0.15) is 0 Å². The molecule has 2 rings (SSSR count). The van der Waals surface area contributed by atoms with Gasteiger partial charge in [-0.05, 0) is 31.0 Å². The molecule has 0 aliphatic carbocycles. The Balaban J connectivity index is 2.30. The molecule has 1 heterocycles. The van der Waals surface area contributed by atoms with Gasteiger partial charge in [-0.15, -0.1) is 11.8 Å². The number of primary amides is 1. The lowest BCUT2D eigenvalue weighted by Crippen LogP contribution is -2.19. The second-order valence-electron chi connectivity index (χ2n) is 5.73. The van der Waals surface area contributed by atoms with Gasteiger partial charge >= 0.3 is 0 Å². The summed E-state index contributed by atoms with van der Waals surface area (Å²) < 4.78 is -0.262. The second-order valence-corrected chi connectivity index (χ2v) is 7.48. The van der Waals surface area contributed by atoms with Gasteiger partial charge in [0.15, 0.2) is 0 Å². The van der Waals surface area contributed by atoms with Crippen LogP contribution in [-0.4, -0.2) is 27.4 Å². The van der Waals surface area contributed by atoms with E-state index < -0.39 is 0 Å². The number of carbonyl (C=O) groups excluding carboxylic acids is 1. The van der Waals surface area contributed by atoms with E-state index in [9.17, 15) is 9.90 Å². The number of benzene rings is 1. The van der Waals surface area contributed by atoms with Crippen LogP contribution in [-0.2, 0) is 11.2 Å². The Morgan fingerprint density at radius 3 is 2.55 bits per heavy atom. The highest BCUT2D eigenvalue weighted by atomic mass is 32.2. The normalized spacial score (nSPS) is 11.4. The minimum Gasteiger partial charge on any atom is -0.395 e. The molecule has 0 saturated carbocycles. The highest BCUT2D eigenvalue weighted by molar-refractivity contribution is 8.00. The van der Waals surface area contributed by atoms with Crippen LogP contribution < -0.4 is 5.73 Å². The largest absolute Gasteiger partial charge is 0.395 e. The van der Waals surface area contributed by atoms with Gasteiger partial charge in [-0.3, -0.25) is 9.78 Å². The van der Waals surface area contributed by atoms with E-state index in [1.165, 1.54) is 0 Å². The summed E-state index contributed by atoms with van der Waals surface area (Å²) in [5.74, 6) is -0.338. The molecule has 116 valence electrons. The Kier molecular flexibility index (Phi) is 5.21. The van der Waals surface area contributed by atoms with Gasteiger partial charge in [0, 0.05) is 27.6 Å². The molecular weight excluding hydrogens is 296 g/mol. The summed E-state index contributed by atoms with van der Waals surface area (Å²) in [6.45, 7) is 4.09. The molecule has 1 aromatic carbocycles. The second kappa shape index (κ2) is 6.94. The molecule has 4 nitrogen and oxygen atoms in total. The summed E-state index contributed by atoms with van der Waals surface area (Å²) in [5, 5.41) is 9.46. The molecule has 0 atom stereocenters. The first-order valence-electron chi connectivity index (χ1n) is 7.03. The third kappa shape index (κ3) is 4.32. The fourth-order valence-corrected chi connectivity index (χ4v) is 3.09. The van der Waals surface area contributed by atoms with E-state index >= 15 is 0 Å². The molecular formula is C17H20N2O2S. The van der Waals surface area contributed by atoms with Gasteiger partial charge in [-0.25, -0.2) is 0 Å². The summed E-state index contributed by atoms with van der Waals surface area (Å²) in [5.41, 5.74) is 8.14. The molecule has 0 aliphatic rings. The number of hydrogen-bond donors (Lipinski definition) is 2. The van der Waals surface area contributed by atoms with Crippen molar-refractivity contribution in [2.24, 2.45) is 5.73 Å². The van der Waals surface area contributed by atoms with E-state index in [1.54, 1.807) is 18.0 Å². The number of amides is 1. The lowest BCUT2D eigenvalue weighted by Gasteiger charge is -2.22. The number of aliphatic hydroxyl groups is 1. The van der Waals surface area contributed by atoms with Crippen LogP contribution in [0.15, 0.2) is 47.6 Å². The summed E-state index contributed by atoms with van der Waals surface area (Å²) in [7, 11) is 0. The number of pyridine rings is 1. The molecule has 0 aliphatic heterocycles. The fraction of sp³-hybridized carbons (Fsp3) is 0.294. The predicted octanol–water partition coefficient (Wildman–Crippen LogP) is 2.64. The van der Waals surface area contributed by atoms with Crippen LogP contribution in [0.1, 0.15) is 19.4 Å². The van der Waals surface area contributed by atoms with Crippen LogP contribution in [0.3, 0.4) is 0 Å². The highest BCUT2D eigenvalue weighted by Gasteiger charge is 2.20. The van der Waals surface area contributed by atoms with Crippen LogP contribution in [0.4, 0.5) is 0 Å². The standard InChI is InChI=1S/C17H20N2O2S/c1-17(2,11-20)22-15-7-8-19-10-14(15)13-5-3-12(4-6-13)9-16(18)21/h3-8,10,20H,9,11H2,1-2H3,(H2,18,21). The molecule has 1 aromatic heterocycles. The Morgan fingerprint density at radius 1 is 1.27 bits per heavy atom. The summed E-state index contributed by atoms with van der Waals surface area (Å²) in [4.78, 5) is 16.2. The molecule has 0 fully saturated rings. The van der Waals surface area contributed by atoms with E-state index in [0.29, 0.717) is 0 Å². The zero-order chi connectivity index (χ0) is 16.2. The molecule has 2 aromatic rings. The van der Waals surface area contributed by atoms with Crippen molar-refractivity contribution in [3.63, 3.8) is 0 Å². The molecule has 0 radical (unpaired) electrons. The zero-order valence-electron chi connectivity index (χ0n) is 12.7. The first kappa shape index (κ1) is 16.5. The van der Waals surface area contributed by atoms with Crippen molar-refractivity contribution in [1.29, 1.82) is 0 Å². The maximum atomic E-state index is 11.0. The van der Waals surface area contributed by atoms with Gasteiger partial charge in [-0.2, -0.15) is 0 Å². The molecule has 5 heteroatoms. The number of nitrogens with zero attached hydrogens (tertiary/aromatic N) is 1. The third-order valence-electron chi connectivity index (χ3n) is 3.19. The average molecular weight is 316 g/mol. The van der Waals surface area contributed by atoms with E-state index in [0.717, 1.165) is 21.6 Å². The quantitative estimate of drug-likeness (QED) is 0.803. The molecule has 3 N–H and O–H groups in total. The molecule has 1 amide bonds. The minimum atomic E-state index is -0.338. The van der Waals surface area contributed by atoms with Crippen molar-refractivity contribution >= 4 is 17.7 Å². The van der Waals surface area contributed by atoms with Crippen LogP contribution in [0, 0.1) is 0 Å². The first-order chi connectivity index (χ1) is 10.4. The lowest BCUT2D eigenvalue weighted by molar-refractivity contribution is -0.117. The topological polar surface area (TPSA) is 76.2 Å². The fourth-order valence-electron chi connectivity index (χ4n) is 2.02. The van der Waals surface area contributed by atoms with Crippen LogP contribution >= 0.6 is 11.8 Å². The molecule has 0 bridgehead atoms. The Labute approximate surface area is 134 Å².